The molecule has 0 aromatic heterocycles. The third-order valence-electron chi connectivity index (χ3n) is 8.89. The van der Waals surface area contributed by atoms with Crippen LogP contribution in [0.3, 0.4) is 0 Å². The lowest BCUT2D eigenvalue weighted by Gasteiger charge is -2.33. The van der Waals surface area contributed by atoms with Crippen LogP contribution in [-0.2, 0) is 20.7 Å². The summed E-state index contributed by atoms with van der Waals surface area (Å²) in [4.78, 5) is 23.0. The summed E-state index contributed by atoms with van der Waals surface area (Å²) in [5.41, 5.74) is 6.29. The number of allylic oxidation sites excluding steroid dienone is 2. The Labute approximate surface area is 329 Å². The number of anilines is 1. The van der Waals surface area contributed by atoms with E-state index in [-0.39, 0.29) is 23.4 Å². The molecule has 0 radical (unpaired) electrons. The summed E-state index contributed by atoms with van der Waals surface area (Å²) in [6.45, 7) is 17.7. The highest BCUT2D eigenvalue weighted by molar-refractivity contribution is 5.83. The maximum atomic E-state index is 13.3. The van der Waals surface area contributed by atoms with Gasteiger partial charge in [0.1, 0.15) is 12.4 Å². The number of aliphatic hydroxyl groups excluding tert-OH is 1. The van der Waals surface area contributed by atoms with E-state index < -0.39 is 0 Å². The molecule has 2 fully saturated rings. The van der Waals surface area contributed by atoms with Crippen LogP contribution in [0.15, 0.2) is 78.0 Å². The molecule has 4 rings (SSSR count). The molecule has 9 heteroatoms. The summed E-state index contributed by atoms with van der Waals surface area (Å²) in [6.07, 6.45) is 14.0. The van der Waals surface area contributed by atoms with Gasteiger partial charge in [0.15, 0.2) is 0 Å². The van der Waals surface area contributed by atoms with Gasteiger partial charge in [0.2, 0.25) is 5.91 Å². The molecule has 1 aliphatic heterocycles. The maximum absolute atomic E-state index is 13.3. The molecule has 306 valence electrons. The van der Waals surface area contributed by atoms with Crippen molar-refractivity contribution in [3.63, 3.8) is 0 Å². The topological polar surface area (TPSA) is 127 Å². The van der Waals surface area contributed by atoms with Gasteiger partial charge in [-0.1, -0.05) is 101 Å². The molecule has 1 saturated heterocycles. The van der Waals surface area contributed by atoms with Crippen molar-refractivity contribution in [2.75, 3.05) is 53.3 Å². The maximum Gasteiger partial charge on any atom is 0.238 e. The van der Waals surface area contributed by atoms with Crippen LogP contribution in [0, 0.1) is 11.3 Å². The molecule has 2 aromatic rings. The fourth-order valence-electron chi connectivity index (χ4n) is 5.29. The molecule has 1 amide bonds. The lowest BCUT2D eigenvalue weighted by Crippen LogP contribution is -2.54. The van der Waals surface area contributed by atoms with Gasteiger partial charge in [-0.3, -0.25) is 4.79 Å². The van der Waals surface area contributed by atoms with E-state index in [1.165, 1.54) is 41.5 Å². The molecule has 6 N–H and O–H groups in total. The number of unbranched alkanes of at least 4 members (excludes halogenated alkanes) is 2. The van der Waals surface area contributed by atoms with E-state index in [9.17, 15) is 9.59 Å². The third-order valence-corrected chi connectivity index (χ3v) is 8.89. The Balaban J connectivity index is 0.000000900. The Morgan fingerprint density at radius 3 is 2.04 bits per heavy atom. The van der Waals surface area contributed by atoms with Gasteiger partial charge in [-0.25, -0.2) is 0 Å². The zero-order valence-corrected chi connectivity index (χ0v) is 35.7. The summed E-state index contributed by atoms with van der Waals surface area (Å²) < 4.78 is 5.09. The minimum Gasteiger partial charge on any atom is -0.400 e. The van der Waals surface area contributed by atoms with Crippen molar-refractivity contribution in [3.8, 4) is 0 Å². The number of rotatable bonds is 17. The first-order chi connectivity index (χ1) is 25.9. The molecule has 54 heavy (non-hydrogen) atoms. The van der Waals surface area contributed by atoms with Gasteiger partial charge < -0.3 is 41.2 Å². The minimum absolute atomic E-state index is 0.0356. The number of aldehydes is 1. The number of carbonyl (C=O) groups excluding carboxylic acids is 2. The molecular formula is C45H77N5O4. The summed E-state index contributed by atoms with van der Waals surface area (Å²) >= 11 is 0. The van der Waals surface area contributed by atoms with Crippen molar-refractivity contribution in [1.29, 1.82) is 0 Å². The second-order valence-corrected chi connectivity index (χ2v) is 15.2. The van der Waals surface area contributed by atoms with E-state index in [2.05, 4.69) is 118 Å². The molecule has 9 nitrogen and oxygen atoms in total. The van der Waals surface area contributed by atoms with E-state index in [1.807, 2.05) is 45.5 Å². The summed E-state index contributed by atoms with van der Waals surface area (Å²) in [5, 5.41) is 23.0. The molecule has 0 spiro atoms. The van der Waals surface area contributed by atoms with Crippen LogP contribution >= 0.6 is 0 Å². The van der Waals surface area contributed by atoms with Gasteiger partial charge in [0.25, 0.3) is 0 Å². The Morgan fingerprint density at radius 2 is 1.61 bits per heavy atom. The first-order valence-corrected chi connectivity index (χ1v) is 19.9. The molecule has 4 unspecified atom stereocenters. The van der Waals surface area contributed by atoms with Gasteiger partial charge in [0, 0.05) is 33.3 Å². The zero-order chi connectivity index (χ0) is 40.8. The summed E-state index contributed by atoms with van der Waals surface area (Å²) in [6, 6.07) is 18.6. The molecule has 0 bridgehead atoms. The van der Waals surface area contributed by atoms with Crippen molar-refractivity contribution in [2.24, 2.45) is 11.3 Å². The van der Waals surface area contributed by atoms with Crippen molar-refractivity contribution in [3.05, 3.63) is 89.1 Å². The summed E-state index contributed by atoms with van der Waals surface area (Å²) in [5.74, 6) is 0.667. The quantitative estimate of drug-likeness (QED) is 0.0416. The van der Waals surface area contributed by atoms with Gasteiger partial charge in [-0.05, 0) is 113 Å². The van der Waals surface area contributed by atoms with Crippen molar-refractivity contribution in [2.45, 2.75) is 118 Å². The van der Waals surface area contributed by atoms with Crippen LogP contribution in [-0.4, -0.2) is 77.3 Å². The van der Waals surface area contributed by atoms with Gasteiger partial charge in [-0.15, -0.1) is 0 Å². The van der Waals surface area contributed by atoms with E-state index >= 15 is 0 Å². The molecule has 4 atom stereocenters. The van der Waals surface area contributed by atoms with Gasteiger partial charge in [0.05, 0.1) is 18.7 Å². The second-order valence-electron chi connectivity index (χ2n) is 15.2. The Bertz CT molecular complexity index is 1280. The van der Waals surface area contributed by atoms with Crippen LogP contribution in [0.2, 0.25) is 0 Å². The molecule has 1 aliphatic carbocycles. The lowest BCUT2D eigenvalue weighted by atomic mass is 9.85. The first kappa shape index (κ1) is 50.5. The van der Waals surface area contributed by atoms with Crippen LogP contribution < -0.4 is 26.6 Å². The number of epoxide rings is 1. The number of hydrogen-bond acceptors (Lipinski definition) is 8. The zero-order valence-electron chi connectivity index (χ0n) is 35.7. The van der Waals surface area contributed by atoms with Crippen LogP contribution in [0.25, 0.3) is 0 Å². The number of amides is 1. The Morgan fingerprint density at radius 1 is 0.981 bits per heavy atom. The number of aliphatic hydroxyl groups is 1. The highest BCUT2D eigenvalue weighted by Gasteiger charge is 2.32. The largest absolute Gasteiger partial charge is 0.400 e. The molecule has 1 heterocycles. The fourth-order valence-corrected chi connectivity index (χ4v) is 5.29. The monoisotopic (exact) mass is 752 g/mol. The standard InChI is InChI=1S/C25H41N3O.C8H8O.C6H13NO.C5H11N.CH4O/c1-7-18(2)17-27-23(25(3,4)5)24(29)28-22(15-19-9-8-10-19)16-20-11-13-21(26-6)14-12-20;1-2-4-7(5-3-1)8-6-9-8;1-7-5-3-2-4-6-8;1-5(2)4-6-3;1-2/h11-15,18,22-23,26-27H,7-10,16-17H2,1-6H3,(H,28,29);1-5,8H,6H2;6-7H,2-5H2,1H3;4,6H,1-3H3;2H,1H3. The number of benzene rings is 2. The average molecular weight is 752 g/mol. The smallest absolute Gasteiger partial charge is 0.238 e. The average Bonchev–Trinajstić information content (AvgIpc) is 3.99. The highest BCUT2D eigenvalue weighted by Crippen LogP contribution is 2.29. The van der Waals surface area contributed by atoms with E-state index in [0.717, 1.165) is 64.5 Å². The predicted octanol–water partition coefficient (Wildman–Crippen LogP) is 7.99. The predicted molar refractivity (Wildman–Crippen MR) is 230 cm³/mol. The normalized spacial score (nSPS) is 15.4. The second kappa shape index (κ2) is 30.8. The van der Waals surface area contributed by atoms with Crippen molar-refractivity contribution < 1.29 is 19.4 Å². The summed E-state index contributed by atoms with van der Waals surface area (Å²) in [7, 11) is 6.74. The molecule has 2 aromatic carbocycles. The number of ether oxygens (including phenoxy) is 1. The van der Waals surface area contributed by atoms with E-state index in [0.29, 0.717) is 18.4 Å². The fraction of sp³-hybridized carbons (Fsp3) is 0.600. The Hall–Kier alpha value is -3.50. The van der Waals surface area contributed by atoms with E-state index in [4.69, 9.17) is 9.84 Å². The van der Waals surface area contributed by atoms with Crippen molar-refractivity contribution in [1.82, 2.24) is 21.3 Å². The number of hydrogen-bond donors (Lipinski definition) is 6. The minimum atomic E-state index is -0.203. The van der Waals surface area contributed by atoms with Gasteiger partial charge in [-0.2, -0.15) is 0 Å². The highest BCUT2D eigenvalue weighted by atomic mass is 16.6. The third kappa shape index (κ3) is 24.7. The molecule has 1 saturated carbocycles. The molecular weight excluding hydrogens is 675 g/mol. The number of carbonyl (C=O) groups is 2. The molecule has 2 aliphatic rings. The first-order valence-electron chi connectivity index (χ1n) is 19.9. The number of nitrogens with one attached hydrogen (secondary N) is 5. The van der Waals surface area contributed by atoms with Crippen LogP contribution in [0.4, 0.5) is 5.69 Å². The van der Waals surface area contributed by atoms with E-state index in [1.54, 1.807) is 0 Å². The SMILES string of the molecule is CCC(C)CNC(C(=O)NC(C=C1CCC1)Cc1ccc(NC)cc1)C(C)(C)C.CNC=C(C)C.CNCCCCC=O.CO.c1ccc(C2CO2)cc1. The van der Waals surface area contributed by atoms with Crippen molar-refractivity contribution >= 4 is 17.9 Å². The Kier molecular flexibility index (Phi) is 28.8. The van der Waals surface area contributed by atoms with Crippen LogP contribution in [0.5, 0.6) is 0 Å². The lowest BCUT2D eigenvalue weighted by molar-refractivity contribution is -0.126. The van der Waals surface area contributed by atoms with Crippen LogP contribution in [0.1, 0.15) is 111 Å². The van der Waals surface area contributed by atoms with Gasteiger partial charge >= 0.3 is 0 Å².